The van der Waals surface area contributed by atoms with E-state index in [-0.39, 0.29) is 18.4 Å². The summed E-state index contributed by atoms with van der Waals surface area (Å²) in [4.78, 5) is 13.2. The predicted octanol–water partition coefficient (Wildman–Crippen LogP) is 2.75. The SMILES string of the molecule is CC(=O)c1ccc(N(CCO)C(C)C)c(Cl)c1. The first-order valence-electron chi connectivity index (χ1n) is 5.65. The van der Waals surface area contributed by atoms with Crippen molar-refractivity contribution in [3.05, 3.63) is 28.8 Å². The molecule has 4 heteroatoms. The monoisotopic (exact) mass is 255 g/mol. The molecule has 1 aromatic carbocycles. The molecule has 0 saturated heterocycles. The second-order valence-corrected chi connectivity index (χ2v) is 4.64. The minimum absolute atomic E-state index is 0.00305. The van der Waals surface area contributed by atoms with E-state index in [1.807, 2.05) is 24.8 Å². The van der Waals surface area contributed by atoms with E-state index in [0.29, 0.717) is 17.1 Å². The molecular formula is C13H18ClNO2. The van der Waals surface area contributed by atoms with Gasteiger partial charge in [-0.3, -0.25) is 4.79 Å². The number of nitrogens with zero attached hydrogens (tertiary/aromatic N) is 1. The second-order valence-electron chi connectivity index (χ2n) is 4.23. The fourth-order valence-corrected chi connectivity index (χ4v) is 2.01. The highest BCUT2D eigenvalue weighted by Gasteiger charge is 2.14. The largest absolute Gasteiger partial charge is 0.395 e. The molecule has 0 atom stereocenters. The van der Waals surface area contributed by atoms with Crippen LogP contribution in [0.2, 0.25) is 5.02 Å². The molecule has 0 aliphatic carbocycles. The summed E-state index contributed by atoms with van der Waals surface area (Å²) in [6.07, 6.45) is 0. The zero-order valence-electron chi connectivity index (χ0n) is 10.4. The third-order valence-electron chi connectivity index (χ3n) is 2.63. The van der Waals surface area contributed by atoms with E-state index in [4.69, 9.17) is 16.7 Å². The van der Waals surface area contributed by atoms with Crippen LogP contribution in [0.5, 0.6) is 0 Å². The van der Waals surface area contributed by atoms with Gasteiger partial charge in [0.1, 0.15) is 0 Å². The Bertz CT molecular complexity index is 404. The van der Waals surface area contributed by atoms with Gasteiger partial charge in [-0.05, 0) is 39.0 Å². The number of aliphatic hydroxyl groups excluding tert-OH is 1. The van der Waals surface area contributed by atoms with Crippen molar-refractivity contribution >= 4 is 23.1 Å². The van der Waals surface area contributed by atoms with Crippen LogP contribution in [-0.4, -0.2) is 30.1 Å². The van der Waals surface area contributed by atoms with Crippen molar-refractivity contribution in [1.29, 1.82) is 0 Å². The van der Waals surface area contributed by atoms with Crippen LogP contribution in [0.15, 0.2) is 18.2 Å². The number of rotatable bonds is 5. The van der Waals surface area contributed by atoms with Crippen molar-refractivity contribution in [1.82, 2.24) is 0 Å². The third kappa shape index (κ3) is 3.45. The van der Waals surface area contributed by atoms with E-state index >= 15 is 0 Å². The summed E-state index contributed by atoms with van der Waals surface area (Å²) < 4.78 is 0. The zero-order valence-corrected chi connectivity index (χ0v) is 11.2. The molecule has 0 radical (unpaired) electrons. The molecule has 0 aromatic heterocycles. The van der Waals surface area contributed by atoms with Crippen LogP contribution in [-0.2, 0) is 0 Å². The number of carbonyl (C=O) groups is 1. The summed E-state index contributed by atoms with van der Waals surface area (Å²) in [7, 11) is 0. The van der Waals surface area contributed by atoms with Gasteiger partial charge in [0.2, 0.25) is 0 Å². The summed E-state index contributed by atoms with van der Waals surface area (Å²) in [6, 6.07) is 5.50. The van der Waals surface area contributed by atoms with Crippen molar-refractivity contribution in [2.24, 2.45) is 0 Å². The van der Waals surface area contributed by atoms with E-state index in [0.717, 1.165) is 5.69 Å². The van der Waals surface area contributed by atoms with Gasteiger partial charge >= 0.3 is 0 Å². The van der Waals surface area contributed by atoms with Crippen LogP contribution in [0.4, 0.5) is 5.69 Å². The van der Waals surface area contributed by atoms with Crippen molar-refractivity contribution in [2.45, 2.75) is 26.8 Å². The maximum Gasteiger partial charge on any atom is 0.159 e. The lowest BCUT2D eigenvalue weighted by atomic mass is 10.1. The summed E-state index contributed by atoms with van der Waals surface area (Å²) in [6.45, 7) is 6.18. The normalized spacial score (nSPS) is 10.7. The lowest BCUT2D eigenvalue weighted by molar-refractivity contribution is 0.101. The molecule has 17 heavy (non-hydrogen) atoms. The zero-order chi connectivity index (χ0) is 13.0. The van der Waals surface area contributed by atoms with Gasteiger partial charge in [0.05, 0.1) is 17.3 Å². The van der Waals surface area contributed by atoms with Crippen LogP contribution >= 0.6 is 11.6 Å². The van der Waals surface area contributed by atoms with E-state index in [1.54, 1.807) is 12.1 Å². The molecule has 1 N–H and O–H groups in total. The van der Waals surface area contributed by atoms with E-state index < -0.39 is 0 Å². The molecule has 0 unspecified atom stereocenters. The number of aliphatic hydroxyl groups is 1. The number of benzene rings is 1. The molecule has 0 bridgehead atoms. The van der Waals surface area contributed by atoms with Gasteiger partial charge in [-0.25, -0.2) is 0 Å². The minimum Gasteiger partial charge on any atom is -0.395 e. The number of carbonyl (C=O) groups excluding carboxylic acids is 1. The first-order valence-corrected chi connectivity index (χ1v) is 6.03. The summed E-state index contributed by atoms with van der Waals surface area (Å²) >= 11 is 6.17. The molecule has 0 saturated carbocycles. The van der Waals surface area contributed by atoms with Crippen molar-refractivity contribution in [2.75, 3.05) is 18.1 Å². The molecule has 0 spiro atoms. The van der Waals surface area contributed by atoms with Gasteiger partial charge in [0, 0.05) is 18.2 Å². The molecule has 0 amide bonds. The molecule has 0 fully saturated rings. The molecule has 1 aromatic rings. The Balaban J connectivity index is 3.08. The van der Waals surface area contributed by atoms with Crippen LogP contribution in [0, 0.1) is 0 Å². The number of ketones is 1. The number of hydrogen-bond donors (Lipinski definition) is 1. The molecule has 0 aliphatic heterocycles. The molecule has 0 aliphatic rings. The Labute approximate surface area is 107 Å². The number of hydrogen-bond acceptors (Lipinski definition) is 3. The molecule has 3 nitrogen and oxygen atoms in total. The van der Waals surface area contributed by atoms with Gasteiger partial charge in [0.15, 0.2) is 5.78 Å². The number of halogens is 1. The molecular weight excluding hydrogens is 238 g/mol. The number of anilines is 1. The number of Topliss-reactive ketones (excluding diaryl/α,β-unsaturated/α-hetero) is 1. The molecule has 1 rings (SSSR count). The van der Waals surface area contributed by atoms with Crippen molar-refractivity contribution in [3.8, 4) is 0 Å². The summed E-state index contributed by atoms with van der Waals surface area (Å²) in [5.41, 5.74) is 1.45. The second kappa shape index (κ2) is 6.03. The maximum absolute atomic E-state index is 11.2. The maximum atomic E-state index is 11.2. The Hall–Kier alpha value is -1.06. The fourth-order valence-electron chi connectivity index (χ4n) is 1.72. The predicted molar refractivity (Wildman–Crippen MR) is 71.0 cm³/mol. The Morgan fingerprint density at radius 2 is 2.12 bits per heavy atom. The average molecular weight is 256 g/mol. The van der Waals surface area contributed by atoms with Crippen LogP contribution in [0.3, 0.4) is 0 Å². The van der Waals surface area contributed by atoms with Gasteiger partial charge in [-0.1, -0.05) is 11.6 Å². The third-order valence-corrected chi connectivity index (χ3v) is 2.93. The summed E-state index contributed by atoms with van der Waals surface area (Å²) in [5.74, 6) is -0.00305. The quantitative estimate of drug-likeness (QED) is 0.823. The Kier molecular flexibility index (Phi) is 4.97. The highest BCUT2D eigenvalue weighted by Crippen LogP contribution is 2.28. The lowest BCUT2D eigenvalue weighted by Gasteiger charge is -2.29. The smallest absolute Gasteiger partial charge is 0.159 e. The first-order chi connectivity index (χ1) is 7.97. The van der Waals surface area contributed by atoms with Crippen molar-refractivity contribution in [3.63, 3.8) is 0 Å². The standard InChI is InChI=1S/C13H18ClNO2/c1-9(2)15(6-7-16)13-5-4-11(10(3)17)8-12(13)14/h4-5,8-9,16H,6-7H2,1-3H3. The highest BCUT2D eigenvalue weighted by atomic mass is 35.5. The van der Waals surface area contributed by atoms with Crippen molar-refractivity contribution < 1.29 is 9.90 Å². The van der Waals surface area contributed by atoms with E-state index in [9.17, 15) is 4.79 Å². The van der Waals surface area contributed by atoms with Gasteiger partial charge in [0.25, 0.3) is 0 Å². The van der Waals surface area contributed by atoms with Crippen LogP contribution in [0.25, 0.3) is 0 Å². The average Bonchev–Trinajstić information content (AvgIpc) is 2.26. The van der Waals surface area contributed by atoms with Gasteiger partial charge in [-0.2, -0.15) is 0 Å². The molecule has 94 valence electrons. The topological polar surface area (TPSA) is 40.5 Å². The Morgan fingerprint density at radius 1 is 1.47 bits per heavy atom. The first kappa shape index (κ1) is 14.0. The highest BCUT2D eigenvalue weighted by molar-refractivity contribution is 6.33. The van der Waals surface area contributed by atoms with E-state index in [1.165, 1.54) is 6.92 Å². The lowest BCUT2D eigenvalue weighted by Crippen LogP contribution is -2.33. The van der Waals surface area contributed by atoms with Crippen LogP contribution in [0.1, 0.15) is 31.1 Å². The van der Waals surface area contributed by atoms with Gasteiger partial charge in [-0.15, -0.1) is 0 Å². The van der Waals surface area contributed by atoms with E-state index in [2.05, 4.69) is 0 Å². The summed E-state index contributed by atoms with van der Waals surface area (Å²) in [5, 5.41) is 9.58. The minimum atomic E-state index is -0.00305. The van der Waals surface area contributed by atoms with Gasteiger partial charge < -0.3 is 10.0 Å². The van der Waals surface area contributed by atoms with Crippen LogP contribution < -0.4 is 4.90 Å². The fraction of sp³-hybridized carbons (Fsp3) is 0.462. The molecule has 0 heterocycles. The Morgan fingerprint density at radius 3 is 2.53 bits per heavy atom.